The molecule has 5 heavy (non-hydrogen) atoms. The van der Waals surface area contributed by atoms with Gasteiger partial charge in [-0.05, 0) is 12.2 Å². The summed E-state index contributed by atoms with van der Waals surface area (Å²) in [6, 6.07) is 0. The van der Waals surface area contributed by atoms with Gasteiger partial charge < -0.3 is 11.5 Å². The monoisotopic (exact) mass is 83.0 g/mol. The van der Waals surface area contributed by atoms with Gasteiger partial charge >= 0.3 is 0 Å². The molecule has 0 aliphatic heterocycles. The Balaban J connectivity index is 0. The largest absolute Gasteiger partial charge is 0.377 e. The van der Waals surface area contributed by atoms with E-state index < -0.39 is 0 Å². The number of rotatable bonds is 0. The molecule has 1 radical (unpaired) electrons. The van der Waals surface area contributed by atoms with Crippen LogP contribution < -0.4 is 11.5 Å². The Morgan fingerprint density at radius 3 is 1.40 bits per heavy atom. The van der Waals surface area contributed by atoms with Crippen molar-refractivity contribution in [3.05, 3.63) is 0 Å². The maximum absolute atomic E-state index is 4.62. The Bertz CT molecular complexity index is 32.6. The van der Waals surface area contributed by atoms with Crippen molar-refractivity contribution in [2.24, 2.45) is 11.5 Å². The van der Waals surface area contributed by atoms with E-state index in [-0.39, 0.29) is 24.0 Å². The van der Waals surface area contributed by atoms with Crippen molar-refractivity contribution in [1.82, 2.24) is 0 Å². The van der Waals surface area contributed by atoms with Crippen molar-refractivity contribution in [3.63, 3.8) is 0 Å². The minimum absolute atomic E-state index is 0. The summed E-state index contributed by atoms with van der Waals surface area (Å²) < 4.78 is 0. The number of hydrogen-bond acceptors (Lipinski definition) is 1. The summed E-state index contributed by atoms with van der Waals surface area (Å²) in [5, 5.41) is 0.000000000000000222. The molecule has 0 bridgehead atoms. The van der Waals surface area contributed by atoms with Crippen LogP contribution in [0.5, 0.6) is 0 Å². The first-order valence-corrected chi connectivity index (χ1v) is 1.19. The molecule has 0 aliphatic rings. The standard InChI is InChI=1S/CH4N2S.Li/c2-1(3)4;/h(H4,2,3,4);. The zero-order valence-electron chi connectivity index (χ0n) is 3.06. The van der Waals surface area contributed by atoms with Gasteiger partial charge in [-0.25, -0.2) is 0 Å². The summed E-state index contributed by atoms with van der Waals surface area (Å²) in [5.41, 5.74) is 9.24. The molecule has 0 atom stereocenters. The van der Waals surface area contributed by atoms with Crippen molar-refractivity contribution in [1.29, 1.82) is 0 Å². The minimum Gasteiger partial charge on any atom is -0.377 e. The molecule has 4 N–H and O–H groups in total. The van der Waals surface area contributed by atoms with Crippen molar-refractivity contribution in [2.75, 3.05) is 0 Å². The van der Waals surface area contributed by atoms with Gasteiger partial charge in [0.1, 0.15) is 0 Å². The molecule has 25 valence electrons. The molecule has 0 saturated heterocycles. The maximum Gasteiger partial charge on any atom is 0.160 e. The topological polar surface area (TPSA) is 52.0 Å². The molecule has 0 fully saturated rings. The molecule has 0 rings (SSSR count). The van der Waals surface area contributed by atoms with Gasteiger partial charge in [0.05, 0.1) is 0 Å². The molecule has 0 amide bonds. The van der Waals surface area contributed by atoms with E-state index in [1.165, 1.54) is 0 Å². The van der Waals surface area contributed by atoms with E-state index in [0.717, 1.165) is 0 Å². The third kappa shape index (κ3) is 272. The first kappa shape index (κ1) is 8.99. The van der Waals surface area contributed by atoms with Crippen molar-refractivity contribution in [3.8, 4) is 0 Å². The Hall–Kier alpha value is 0.287. The van der Waals surface area contributed by atoms with E-state index in [2.05, 4.69) is 23.7 Å². The third-order valence-electron chi connectivity index (χ3n) is 0. The second-order valence-corrected chi connectivity index (χ2v) is 0.874. The van der Waals surface area contributed by atoms with Gasteiger partial charge in [0, 0.05) is 18.9 Å². The molecular weight excluding hydrogens is 79.0 g/mol. The summed E-state index contributed by atoms with van der Waals surface area (Å²) in [5.74, 6) is 0. The van der Waals surface area contributed by atoms with Crippen LogP contribution in [-0.2, 0) is 0 Å². The molecule has 0 unspecified atom stereocenters. The number of nitrogens with two attached hydrogens (primary N) is 2. The molecule has 0 heterocycles. The fourth-order valence-corrected chi connectivity index (χ4v) is 0. The van der Waals surface area contributed by atoms with Gasteiger partial charge in [0.2, 0.25) is 0 Å². The van der Waals surface area contributed by atoms with Crippen molar-refractivity contribution < 1.29 is 0 Å². The first-order valence-electron chi connectivity index (χ1n) is 0.781. The van der Waals surface area contributed by atoms with Crippen molar-refractivity contribution >= 4 is 36.2 Å². The summed E-state index contributed by atoms with van der Waals surface area (Å²) >= 11 is 4.09. The number of thiocarbonyl (C=S) groups is 1. The third-order valence-corrected chi connectivity index (χ3v) is 0. The fourth-order valence-electron chi connectivity index (χ4n) is 0. The van der Waals surface area contributed by atoms with Crippen LogP contribution in [0.3, 0.4) is 0 Å². The molecule has 0 aromatic heterocycles. The van der Waals surface area contributed by atoms with Crippen molar-refractivity contribution in [2.45, 2.75) is 0 Å². The Labute approximate surface area is 48.1 Å². The van der Waals surface area contributed by atoms with Crippen LogP contribution in [0, 0.1) is 0 Å². The second-order valence-electron chi connectivity index (χ2n) is 0.402. The van der Waals surface area contributed by atoms with Gasteiger partial charge in [0.15, 0.2) is 5.11 Å². The van der Waals surface area contributed by atoms with Gasteiger partial charge in [-0.1, -0.05) is 0 Å². The average molecular weight is 83.1 g/mol. The molecule has 0 spiro atoms. The van der Waals surface area contributed by atoms with E-state index >= 15 is 0 Å². The predicted molar refractivity (Wildman–Crippen MR) is 26.7 cm³/mol. The van der Waals surface area contributed by atoms with Gasteiger partial charge in [0.25, 0.3) is 0 Å². The van der Waals surface area contributed by atoms with E-state index in [0.29, 0.717) is 0 Å². The molecule has 0 aromatic rings. The first-order chi connectivity index (χ1) is 1.73. The zero-order chi connectivity index (χ0) is 3.58. The van der Waals surface area contributed by atoms with Crippen LogP contribution in [0.25, 0.3) is 0 Å². The Morgan fingerprint density at radius 2 is 1.40 bits per heavy atom. The zero-order valence-corrected chi connectivity index (χ0v) is 3.88. The van der Waals surface area contributed by atoms with Gasteiger partial charge in [-0.15, -0.1) is 0 Å². The Morgan fingerprint density at radius 1 is 1.40 bits per heavy atom. The van der Waals surface area contributed by atoms with E-state index in [4.69, 9.17) is 0 Å². The van der Waals surface area contributed by atoms with E-state index in [9.17, 15) is 0 Å². The fraction of sp³-hybridized carbons (Fsp3) is 0. The van der Waals surface area contributed by atoms with Gasteiger partial charge in [-0.3, -0.25) is 0 Å². The minimum atomic E-state index is 0. The van der Waals surface area contributed by atoms with Crippen LogP contribution in [0.4, 0.5) is 0 Å². The van der Waals surface area contributed by atoms with E-state index in [1.54, 1.807) is 0 Å². The maximum atomic E-state index is 4.62. The average Bonchev–Trinajstić information content (AvgIpc) is 0.811. The summed E-state index contributed by atoms with van der Waals surface area (Å²) in [4.78, 5) is 0. The van der Waals surface area contributed by atoms with Crippen LogP contribution in [0.15, 0.2) is 0 Å². The molecule has 2 nitrogen and oxygen atoms in total. The summed E-state index contributed by atoms with van der Waals surface area (Å²) in [6.45, 7) is 0. The SMILES string of the molecule is NC(N)=S.[Li]. The number of hydrogen-bond donors (Lipinski definition) is 2. The smallest absolute Gasteiger partial charge is 0.160 e. The molecule has 4 heteroatoms. The second kappa shape index (κ2) is 4.29. The quantitative estimate of drug-likeness (QED) is 0.286. The summed E-state index contributed by atoms with van der Waals surface area (Å²) in [7, 11) is 0. The summed E-state index contributed by atoms with van der Waals surface area (Å²) in [6.07, 6.45) is 0. The normalized spacial score (nSPS) is 4.80. The molecule has 0 aliphatic carbocycles. The van der Waals surface area contributed by atoms with Crippen LogP contribution in [0.1, 0.15) is 0 Å². The molecule has 0 aromatic carbocycles. The Kier molecular flexibility index (Phi) is 7.71. The van der Waals surface area contributed by atoms with Gasteiger partial charge in [-0.2, -0.15) is 0 Å². The predicted octanol–water partition coefficient (Wildman–Crippen LogP) is -1.19. The van der Waals surface area contributed by atoms with E-state index in [1.807, 2.05) is 0 Å². The molecule has 0 saturated carbocycles. The van der Waals surface area contributed by atoms with Crippen LogP contribution >= 0.6 is 12.2 Å². The molecular formula is CH4LiN2S. The van der Waals surface area contributed by atoms with Crippen LogP contribution in [-0.4, -0.2) is 24.0 Å². The van der Waals surface area contributed by atoms with Crippen LogP contribution in [0.2, 0.25) is 0 Å².